The van der Waals surface area contributed by atoms with Crippen molar-refractivity contribution in [2.24, 2.45) is 11.8 Å². The van der Waals surface area contributed by atoms with Crippen LogP contribution in [0.15, 0.2) is 0 Å². The molecule has 2 amide bonds. The zero-order valence-corrected chi connectivity index (χ0v) is 13.3. The Morgan fingerprint density at radius 3 is 2.50 bits per heavy atom. The van der Waals surface area contributed by atoms with Gasteiger partial charge in [-0.1, -0.05) is 6.92 Å². The van der Waals surface area contributed by atoms with Crippen molar-refractivity contribution in [1.82, 2.24) is 15.1 Å². The lowest BCUT2D eigenvalue weighted by atomic mass is 9.85. The van der Waals surface area contributed by atoms with Gasteiger partial charge in [0.15, 0.2) is 0 Å². The van der Waals surface area contributed by atoms with Gasteiger partial charge in [-0.15, -0.1) is 0 Å². The van der Waals surface area contributed by atoms with E-state index in [4.69, 9.17) is 0 Å². The molecular formula is C15H29N3O2. The Morgan fingerprint density at radius 1 is 1.30 bits per heavy atom. The minimum atomic E-state index is -0.0211. The Labute approximate surface area is 122 Å². The lowest BCUT2D eigenvalue weighted by molar-refractivity contribution is -0.139. The fourth-order valence-electron chi connectivity index (χ4n) is 2.62. The third-order valence-corrected chi connectivity index (χ3v) is 4.20. The van der Waals surface area contributed by atoms with E-state index in [0.717, 1.165) is 13.1 Å². The number of hydrogen-bond donors (Lipinski definition) is 1. The highest BCUT2D eigenvalue weighted by atomic mass is 16.2. The first-order chi connectivity index (χ1) is 9.45. The van der Waals surface area contributed by atoms with E-state index in [1.54, 1.807) is 19.0 Å². The fraction of sp³-hybridized carbons (Fsp3) is 0.867. The van der Waals surface area contributed by atoms with Crippen LogP contribution in [0.3, 0.4) is 0 Å². The van der Waals surface area contributed by atoms with Crippen LogP contribution in [0.5, 0.6) is 0 Å². The van der Waals surface area contributed by atoms with Crippen molar-refractivity contribution < 1.29 is 9.59 Å². The number of piperidine rings is 1. The summed E-state index contributed by atoms with van der Waals surface area (Å²) < 4.78 is 0. The van der Waals surface area contributed by atoms with Gasteiger partial charge in [-0.05, 0) is 44.7 Å². The average Bonchev–Trinajstić information content (AvgIpc) is 2.44. The maximum absolute atomic E-state index is 12.3. The van der Waals surface area contributed by atoms with Gasteiger partial charge in [-0.3, -0.25) is 9.59 Å². The smallest absolute Gasteiger partial charge is 0.241 e. The van der Waals surface area contributed by atoms with Crippen LogP contribution >= 0.6 is 0 Å². The topological polar surface area (TPSA) is 52.7 Å². The molecule has 0 bridgehead atoms. The molecule has 5 heteroatoms. The largest absolute Gasteiger partial charge is 0.347 e. The monoisotopic (exact) mass is 283 g/mol. The van der Waals surface area contributed by atoms with E-state index in [1.165, 1.54) is 17.7 Å². The van der Waals surface area contributed by atoms with Crippen LogP contribution in [-0.2, 0) is 9.59 Å². The molecule has 1 N–H and O–H groups in total. The summed E-state index contributed by atoms with van der Waals surface area (Å²) in [5, 5.41) is 3.39. The standard InChI is InChI=1S/C15H29N3O2/c1-5-18(11-15(20)17(3)4)14(19)9-12(2)13-7-6-8-16-10-13/h12-13,16H,5-11H2,1-4H3. The van der Waals surface area contributed by atoms with Gasteiger partial charge in [0.2, 0.25) is 11.8 Å². The van der Waals surface area contributed by atoms with Crippen molar-refractivity contribution >= 4 is 11.8 Å². The maximum Gasteiger partial charge on any atom is 0.241 e. The molecule has 0 spiro atoms. The number of amides is 2. The average molecular weight is 283 g/mol. The van der Waals surface area contributed by atoms with Crippen molar-refractivity contribution in [2.45, 2.75) is 33.1 Å². The highest BCUT2D eigenvalue weighted by molar-refractivity contribution is 5.84. The zero-order valence-electron chi connectivity index (χ0n) is 13.3. The van der Waals surface area contributed by atoms with Gasteiger partial charge in [0, 0.05) is 27.1 Å². The van der Waals surface area contributed by atoms with Crippen LogP contribution in [-0.4, -0.2) is 61.9 Å². The van der Waals surface area contributed by atoms with Gasteiger partial charge in [0.05, 0.1) is 6.54 Å². The SMILES string of the molecule is CCN(CC(=O)N(C)C)C(=O)CC(C)C1CCCNC1. The van der Waals surface area contributed by atoms with Gasteiger partial charge < -0.3 is 15.1 Å². The number of nitrogens with zero attached hydrogens (tertiary/aromatic N) is 2. The number of likely N-dealkylation sites (N-methyl/N-ethyl adjacent to an activating group) is 2. The van der Waals surface area contributed by atoms with Crippen LogP contribution in [0, 0.1) is 11.8 Å². The van der Waals surface area contributed by atoms with Gasteiger partial charge in [0.1, 0.15) is 0 Å². The second kappa shape index (κ2) is 8.25. The van der Waals surface area contributed by atoms with Crippen LogP contribution in [0.4, 0.5) is 0 Å². The van der Waals surface area contributed by atoms with Crippen LogP contribution in [0.2, 0.25) is 0 Å². The molecule has 0 aromatic heterocycles. The molecule has 0 aliphatic carbocycles. The van der Waals surface area contributed by atoms with Crippen molar-refractivity contribution in [3.05, 3.63) is 0 Å². The predicted molar refractivity (Wildman–Crippen MR) is 80.3 cm³/mol. The molecular weight excluding hydrogens is 254 g/mol. The lowest BCUT2D eigenvalue weighted by Crippen LogP contribution is -2.41. The number of nitrogens with one attached hydrogen (secondary N) is 1. The molecule has 116 valence electrons. The third-order valence-electron chi connectivity index (χ3n) is 4.20. The third kappa shape index (κ3) is 5.12. The number of carbonyl (C=O) groups is 2. The summed E-state index contributed by atoms with van der Waals surface area (Å²) in [6.07, 6.45) is 2.94. The Kier molecular flexibility index (Phi) is 6.99. The molecule has 0 radical (unpaired) electrons. The zero-order chi connectivity index (χ0) is 15.1. The summed E-state index contributed by atoms with van der Waals surface area (Å²) in [6, 6.07) is 0. The Bertz CT molecular complexity index is 325. The molecule has 0 aromatic rings. The second-order valence-electron chi connectivity index (χ2n) is 5.98. The van der Waals surface area contributed by atoms with E-state index in [-0.39, 0.29) is 18.4 Å². The molecule has 1 aliphatic rings. The van der Waals surface area contributed by atoms with Crippen molar-refractivity contribution in [1.29, 1.82) is 0 Å². The minimum absolute atomic E-state index is 0.0211. The van der Waals surface area contributed by atoms with E-state index in [2.05, 4.69) is 12.2 Å². The first kappa shape index (κ1) is 17.0. The summed E-state index contributed by atoms with van der Waals surface area (Å²) in [5.41, 5.74) is 0. The molecule has 2 atom stereocenters. The molecule has 20 heavy (non-hydrogen) atoms. The maximum atomic E-state index is 12.3. The first-order valence-corrected chi connectivity index (χ1v) is 7.64. The molecule has 1 heterocycles. The quantitative estimate of drug-likeness (QED) is 0.789. The summed E-state index contributed by atoms with van der Waals surface area (Å²) in [7, 11) is 3.44. The molecule has 1 saturated heterocycles. The molecule has 5 nitrogen and oxygen atoms in total. The summed E-state index contributed by atoms with van der Waals surface area (Å²) >= 11 is 0. The number of carbonyl (C=O) groups excluding carboxylic acids is 2. The van der Waals surface area contributed by atoms with Crippen molar-refractivity contribution in [3.63, 3.8) is 0 Å². The molecule has 2 unspecified atom stereocenters. The van der Waals surface area contributed by atoms with Crippen molar-refractivity contribution in [3.8, 4) is 0 Å². The molecule has 1 rings (SSSR count). The highest BCUT2D eigenvalue weighted by Gasteiger charge is 2.24. The minimum Gasteiger partial charge on any atom is -0.347 e. The van der Waals surface area contributed by atoms with Gasteiger partial charge in [-0.2, -0.15) is 0 Å². The van der Waals surface area contributed by atoms with Crippen molar-refractivity contribution in [2.75, 3.05) is 40.3 Å². The molecule has 1 fully saturated rings. The van der Waals surface area contributed by atoms with E-state index in [1.807, 2.05) is 6.92 Å². The van der Waals surface area contributed by atoms with Gasteiger partial charge in [0.25, 0.3) is 0 Å². The number of rotatable bonds is 6. The normalized spacial score (nSPS) is 20.3. The Balaban J connectivity index is 2.47. The Hall–Kier alpha value is -1.10. The fourth-order valence-corrected chi connectivity index (χ4v) is 2.62. The molecule has 1 aliphatic heterocycles. The van der Waals surface area contributed by atoms with Gasteiger partial charge >= 0.3 is 0 Å². The molecule has 0 aromatic carbocycles. The van der Waals surface area contributed by atoms with Crippen LogP contribution in [0.1, 0.15) is 33.1 Å². The Morgan fingerprint density at radius 2 is 2.00 bits per heavy atom. The summed E-state index contributed by atoms with van der Waals surface area (Å²) in [4.78, 5) is 27.2. The molecule has 0 saturated carbocycles. The summed E-state index contributed by atoms with van der Waals surface area (Å²) in [6.45, 7) is 6.96. The lowest BCUT2D eigenvalue weighted by Gasteiger charge is -2.30. The van der Waals surface area contributed by atoms with E-state index in [9.17, 15) is 9.59 Å². The van der Waals surface area contributed by atoms with E-state index >= 15 is 0 Å². The van der Waals surface area contributed by atoms with Crippen LogP contribution in [0.25, 0.3) is 0 Å². The summed E-state index contributed by atoms with van der Waals surface area (Å²) in [5.74, 6) is 1.03. The number of hydrogen-bond acceptors (Lipinski definition) is 3. The van der Waals surface area contributed by atoms with Gasteiger partial charge in [-0.25, -0.2) is 0 Å². The second-order valence-corrected chi connectivity index (χ2v) is 5.98. The highest BCUT2D eigenvalue weighted by Crippen LogP contribution is 2.23. The van der Waals surface area contributed by atoms with E-state index in [0.29, 0.717) is 24.8 Å². The first-order valence-electron chi connectivity index (χ1n) is 7.64. The van der Waals surface area contributed by atoms with Crippen LogP contribution < -0.4 is 5.32 Å². The predicted octanol–water partition coefficient (Wildman–Crippen LogP) is 0.949. The van der Waals surface area contributed by atoms with E-state index < -0.39 is 0 Å².